The highest BCUT2D eigenvalue weighted by molar-refractivity contribution is 5.86. The Balaban J connectivity index is 1.26. The van der Waals surface area contributed by atoms with E-state index in [1.165, 1.54) is 11.1 Å². The number of nitrogens with zero attached hydrogens (tertiary/aromatic N) is 4. The first-order valence-electron chi connectivity index (χ1n) is 9.91. The molecule has 7 nitrogen and oxygen atoms in total. The summed E-state index contributed by atoms with van der Waals surface area (Å²) in [6.45, 7) is 3.80. The Morgan fingerprint density at radius 3 is 2.69 bits per heavy atom. The molecule has 5 rings (SSSR count). The highest BCUT2D eigenvalue weighted by Gasteiger charge is 2.15. The predicted octanol–water partition coefficient (Wildman–Crippen LogP) is 3.57. The van der Waals surface area contributed by atoms with Crippen LogP contribution in [0.1, 0.15) is 11.1 Å². The molecule has 0 saturated heterocycles. The summed E-state index contributed by atoms with van der Waals surface area (Å²) in [6, 6.07) is 18.7. The molecule has 0 radical (unpaired) electrons. The first-order valence-corrected chi connectivity index (χ1v) is 9.91. The van der Waals surface area contributed by atoms with Crippen LogP contribution >= 0.6 is 0 Å². The van der Waals surface area contributed by atoms with Crippen LogP contribution in [0, 0.1) is 0 Å². The van der Waals surface area contributed by atoms with Crippen molar-refractivity contribution in [2.24, 2.45) is 0 Å². The summed E-state index contributed by atoms with van der Waals surface area (Å²) in [5.74, 6) is 1.30. The van der Waals surface area contributed by atoms with Crippen LogP contribution < -0.4 is 10.6 Å². The molecule has 3 heterocycles. The van der Waals surface area contributed by atoms with Gasteiger partial charge in [0.05, 0.1) is 6.33 Å². The number of anilines is 3. The summed E-state index contributed by atoms with van der Waals surface area (Å²) in [7, 11) is 0. The van der Waals surface area contributed by atoms with E-state index >= 15 is 0 Å². The third-order valence-electron chi connectivity index (χ3n) is 5.24. The fraction of sp³-hybridized carbons (Fsp3) is 0.227. The van der Waals surface area contributed by atoms with E-state index in [-0.39, 0.29) is 0 Å². The minimum absolute atomic E-state index is 0.584. The van der Waals surface area contributed by atoms with Crippen LogP contribution in [0.15, 0.2) is 60.9 Å². The van der Waals surface area contributed by atoms with E-state index in [1.54, 1.807) is 6.33 Å². The van der Waals surface area contributed by atoms with Crippen molar-refractivity contribution in [3.05, 3.63) is 72.1 Å². The second kappa shape index (κ2) is 7.89. The van der Waals surface area contributed by atoms with Gasteiger partial charge in [0, 0.05) is 31.9 Å². The maximum absolute atomic E-state index is 4.66. The molecule has 0 unspecified atom stereocenters. The van der Waals surface area contributed by atoms with E-state index in [1.807, 2.05) is 30.3 Å². The lowest BCUT2D eigenvalue weighted by atomic mass is 10.00. The van der Waals surface area contributed by atoms with E-state index in [4.69, 9.17) is 0 Å². The number of nitrogens with one attached hydrogen (secondary N) is 3. The molecule has 0 bridgehead atoms. The number of para-hydroxylation sites is 1. The summed E-state index contributed by atoms with van der Waals surface area (Å²) < 4.78 is 0. The summed E-state index contributed by atoms with van der Waals surface area (Å²) >= 11 is 0. The molecule has 2 aromatic carbocycles. The van der Waals surface area contributed by atoms with Gasteiger partial charge in [-0.05, 0) is 29.7 Å². The van der Waals surface area contributed by atoms with Gasteiger partial charge >= 0.3 is 0 Å². The Morgan fingerprint density at radius 1 is 0.966 bits per heavy atom. The van der Waals surface area contributed by atoms with Gasteiger partial charge in [-0.15, -0.1) is 0 Å². The zero-order valence-electron chi connectivity index (χ0n) is 16.1. The van der Waals surface area contributed by atoms with Crippen LogP contribution in [-0.4, -0.2) is 44.5 Å². The number of benzene rings is 2. The fourth-order valence-corrected chi connectivity index (χ4v) is 3.73. The molecule has 0 fully saturated rings. The molecule has 0 saturated carbocycles. The molecule has 7 heteroatoms. The zero-order chi connectivity index (χ0) is 19.5. The number of rotatable bonds is 6. The zero-order valence-corrected chi connectivity index (χ0v) is 16.1. The van der Waals surface area contributed by atoms with Crippen molar-refractivity contribution in [3.8, 4) is 0 Å². The quantitative estimate of drug-likeness (QED) is 0.471. The van der Waals surface area contributed by atoms with E-state index in [2.05, 4.69) is 59.7 Å². The minimum Gasteiger partial charge on any atom is -0.353 e. The van der Waals surface area contributed by atoms with Crippen LogP contribution in [0.5, 0.6) is 0 Å². The molecular weight excluding hydrogens is 362 g/mol. The SMILES string of the molecule is c1ccc(Nc2nc(NCCN3CCc4ccccc4C3)nc3nc[nH]c23)cc1. The van der Waals surface area contributed by atoms with Crippen molar-refractivity contribution in [1.29, 1.82) is 0 Å². The van der Waals surface area contributed by atoms with Crippen molar-refractivity contribution in [1.82, 2.24) is 24.8 Å². The molecule has 3 N–H and O–H groups in total. The smallest absolute Gasteiger partial charge is 0.226 e. The molecule has 4 aromatic rings. The Morgan fingerprint density at radius 2 is 1.79 bits per heavy atom. The number of imidazole rings is 1. The topological polar surface area (TPSA) is 81.8 Å². The Kier molecular flexibility index (Phi) is 4.80. The predicted molar refractivity (Wildman–Crippen MR) is 115 cm³/mol. The van der Waals surface area contributed by atoms with Crippen molar-refractivity contribution >= 4 is 28.6 Å². The van der Waals surface area contributed by atoms with Crippen molar-refractivity contribution in [3.63, 3.8) is 0 Å². The molecule has 1 aliphatic heterocycles. The molecule has 0 amide bonds. The third-order valence-corrected chi connectivity index (χ3v) is 5.24. The van der Waals surface area contributed by atoms with Crippen LogP contribution in [0.25, 0.3) is 11.2 Å². The molecule has 2 aromatic heterocycles. The largest absolute Gasteiger partial charge is 0.353 e. The van der Waals surface area contributed by atoms with Gasteiger partial charge in [0.2, 0.25) is 5.95 Å². The average Bonchev–Trinajstić information content (AvgIpc) is 3.23. The number of hydrogen-bond acceptors (Lipinski definition) is 6. The minimum atomic E-state index is 0.584. The van der Waals surface area contributed by atoms with Gasteiger partial charge in [-0.25, -0.2) is 4.98 Å². The van der Waals surface area contributed by atoms with Gasteiger partial charge in [-0.3, -0.25) is 4.90 Å². The van der Waals surface area contributed by atoms with Crippen LogP contribution in [0.3, 0.4) is 0 Å². The van der Waals surface area contributed by atoms with Gasteiger partial charge in [0.1, 0.15) is 5.52 Å². The molecule has 0 aliphatic carbocycles. The van der Waals surface area contributed by atoms with E-state index < -0.39 is 0 Å². The van der Waals surface area contributed by atoms with Crippen molar-refractivity contribution < 1.29 is 0 Å². The van der Waals surface area contributed by atoms with Gasteiger partial charge in [0.15, 0.2) is 11.5 Å². The van der Waals surface area contributed by atoms with Gasteiger partial charge in [-0.2, -0.15) is 9.97 Å². The number of aromatic amines is 1. The van der Waals surface area contributed by atoms with E-state index in [0.717, 1.165) is 43.8 Å². The summed E-state index contributed by atoms with van der Waals surface area (Å²) in [5.41, 5.74) is 5.32. The molecular formula is C22H23N7. The normalized spacial score (nSPS) is 13.9. The fourth-order valence-electron chi connectivity index (χ4n) is 3.73. The van der Waals surface area contributed by atoms with Gasteiger partial charge < -0.3 is 15.6 Å². The van der Waals surface area contributed by atoms with Gasteiger partial charge in [-0.1, -0.05) is 42.5 Å². The number of hydrogen-bond donors (Lipinski definition) is 3. The summed E-state index contributed by atoms with van der Waals surface area (Å²) in [4.78, 5) is 19.1. The van der Waals surface area contributed by atoms with Crippen LogP contribution in [0.2, 0.25) is 0 Å². The highest BCUT2D eigenvalue weighted by atomic mass is 15.2. The summed E-state index contributed by atoms with van der Waals surface area (Å²) in [5, 5.41) is 6.72. The highest BCUT2D eigenvalue weighted by Crippen LogP contribution is 2.23. The number of H-pyrrole nitrogens is 1. The summed E-state index contributed by atoms with van der Waals surface area (Å²) in [6.07, 6.45) is 2.75. The number of fused-ring (bicyclic) bond motifs is 2. The van der Waals surface area contributed by atoms with Crippen molar-refractivity contribution in [2.75, 3.05) is 30.3 Å². The van der Waals surface area contributed by atoms with Crippen LogP contribution in [0.4, 0.5) is 17.5 Å². The van der Waals surface area contributed by atoms with Crippen LogP contribution in [-0.2, 0) is 13.0 Å². The van der Waals surface area contributed by atoms with E-state index in [9.17, 15) is 0 Å². The van der Waals surface area contributed by atoms with E-state index in [0.29, 0.717) is 17.4 Å². The lowest BCUT2D eigenvalue weighted by Crippen LogP contribution is -2.34. The molecule has 1 aliphatic rings. The van der Waals surface area contributed by atoms with Gasteiger partial charge in [0.25, 0.3) is 0 Å². The first-order chi connectivity index (χ1) is 14.3. The Hall–Kier alpha value is -3.45. The molecule has 0 atom stereocenters. The lowest BCUT2D eigenvalue weighted by molar-refractivity contribution is 0.264. The maximum atomic E-state index is 4.66. The first kappa shape index (κ1) is 17.6. The second-order valence-corrected chi connectivity index (χ2v) is 7.21. The Labute approximate surface area is 169 Å². The third kappa shape index (κ3) is 3.90. The monoisotopic (exact) mass is 385 g/mol. The molecule has 29 heavy (non-hydrogen) atoms. The maximum Gasteiger partial charge on any atom is 0.226 e. The molecule has 0 spiro atoms. The molecule has 146 valence electrons. The number of aromatic nitrogens is 4. The second-order valence-electron chi connectivity index (χ2n) is 7.21. The lowest BCUT2D eigenvalue weighted by Gasteiger charge is -2.28. The van der Waals surface area contributed by atoms with Crippen molar-refractivity contribution in [2.45, 2.75) is 13.0 Å². The average molecular weight is 385 g/mol. The standard InChI is InChI=1S/C22H23N7/c1-2-8-18(9-3-1)26-21-19-20(25-15-24-19)27-22(28-21)23-11-13-29-12-10-16-6-4-5-7-17(16)14-29/h1-9,15H,10-14H2,(H3,23,24,25,26,27,28). The Bertz CT molecular complexity index is 1110.